The van der Waals surface area contributed by atoms with Crippen LogP contribution in [-0.2, 0) is 16.0 Å². The van der Waals surface area contributed by atoms with Crippen molar-refractivity contribution < 1.29 is 24.2 Å². The molecule has 1 amide bonds. The summed E-state index contributed by atoms with van der Waals surface area (Å²) in [6.07, 6.45) is -0.677. The molecule has 0 spiro atoms. The summed E-state index contributed by atoms with van der Waals surface area (Å²) in [6.45, 7) is 0.0422. The van der Waals surface area contributed by atoms with Gasteiger partial charge in [0, 0.05) is 6.42 Å². The molecule has 124 valence electrons. The average Bonchev–Trinajstić information content (AvgIpc) is 2.61. The molecule has 0 aromatic heterocycles. The molecule has 0 bridgehead atoms. The summed E-state index contributed by atoms with van der Waals surface area (Å²) in [6, 6.07) is 15.1. The molecule has 1 aliphatic heterocycles. The fourth-order valence-electron chi connectivity index (χ4n) is 2.46. The van der Waals surface area contributed by atoms with E-state index in [0.29, 0.717) is 11.5 Å². The van der Waals surface area contributed by atoms with Gasteiger partial charge in [0.1, 0.15) is 12.6 Å². The molecule has 2 N–H and O–H groups in total. The molecule has 1 aliphatic rings. The molecule has 0 radical (unpaired) electrons. The molecule has 1 heterocycles. The Bertz CT molecular complexity index is 731. The number of carboxylic acids is 1. The van der Waals surface area contributed by atoms with Crippen LogP contribution in [0.15, 0.2) is 54.6 Å². The van der Waals surface area contributed by atoms with Crippen LogP contribution in [0.25, 0.3) is 0 Å². The van der Waals surface area contributed by atoms with Gasteiger partial charge in [0.2, 0.25) is 6.10 Å². The molecule has 0 saturated carbocycles. The number of para-hydroxylation sites is 2. The lowest BCUT2D eigenvalue weighted by Gasteiger charge is -2.26. The summed E-state index contributed by atoms with van der Waals surface area (Å²) >= 11 is 0. The first kappa shape index (κ1) is 15.9. The largest absolute Gasteiger partial charge is 0.485 e. The number of aliphatic carboxylic acids is 1. The molecule has 2 atom stereocenters. The number of amides is 1. The van der Waals surface area contributed by atoms with Crippen molar-refractivity contribution in [1.29, 1.82) is 0 Å². The van der Waals surface area contributed by atoms with Crippen molar-refractivity contribution in [1.82, 2.24) is 5.32 Å². The van der Waals surface area contributed by atoms with Gasteiger partial charge in [-0.05, 0) is 17.7 Å². The van der Waals surface area contributed by atoms with Gasteiger partial charge >= 0.3 is 5.97 Å². The van der Waals surface area contributed by atoms with Crippen LogP contribution < -0.4 is 14.8 Å². The van der Waals surface area contributed by atoms with E-state index in [4.69, 9.17) is 9.47 Å². The highest BCUT2D eigenvalue weighted by Crippen LogP contribution is 2.30. The molecule has 2 aromatic rings. The molecule has 0 saturated heterocycles. The molecule has 0 aliphatic carbocycles. The predicted molar refractivity (Wildman–Crippen MR) is 86.1 cm³/mol. The number of nitrogens with one attached hydrogen (secondary N) is 1. The zero-order valence-corrected chi connectivity index (χ0v) is 12.8. The quantitative estimate of drug-likeness (QED) is 0.872. The van der Waals surface area contributed by atoms with Crippen molar-refractivity contribution in [3.05, 3.63) is 60.2 Å². The number of carbonyl (C=O) groups is 2. The monoisotopic (exact) mass is 327 g/mol. The minimum Gasteiger partial charge on any atom is -0.485 e. The molecule has 2 unspecified atom stereocenters. The summed E-state index contributed by atoms with van der Waals surface area (Å²) in [5.74, 6) is -0.559. The van der Waals surface area contributed by atoms with Gasteiger partial charge in [0.15, 0.2) is 11.5 Å². The number of ether oxygens (including phenoxy) is 2. The van der Waals surface area contributed by atoms with E-state index in [9.17, 15) is 14.7 Å². The van der Waals surface area contributed by atoms with Gasteiger partial charge in [0.05, 0.1) is 0 Å². The second-order valence-corrected chi connectivity index (χ2v) is 5.45. The Morgan fingerprint density at radius 2 is 1.75 bits per heavy atom. The standard InChI is InChI=1S/C18H17NO5/c20-17(16-11-23-14-8-4-5-9-15(14)24-16)19-13(18(21)22)10-12-6-2-1-3-7-12/h1-9,13,16H,10-11H2,(H,19,20)(H,21,22). The highest BCUT2D eigenvalue weighted by atomic mass is 16.6. The van der Waals surface area contributed by atoms with Crippen LogP contribution in [0.4, 0.5) is 0 Å². The zero-order chi connectivity index (χ0) is 16.9. The fraction of sp³-hybridized carbons (Fsp3) is 0.222. The third-order valence-corrected chi connectivity index (χ3v) is 3.70. The fourth-order valence-corrected chi connectivity index (χ4v) is 2.46. The zero-order valence-electron chi connectivity index (χ0n) is 12.8. The minimum absolute atomic E-state index is 0.0422. The van der Waals surface area contributed by atoms with Gasteiger partial charge in [-0.15, -0.1) is 0 Å². The van der Waals surface area contributed by atoms with Gasteiger partial charge < -0.3 is 19.9 Å². The average molecular weight is 327 g/mol. The van der Waals surface area contributed by atoms with Crippen molar-refractivity contribution in [3.63, 3.8) is 0 Å². The maximum absolute atomic E-state index is 12.3. The highest BCUT2D eigenvalue weighted by Gasteiger charge is 2.30. The van der Waals surface area contributed by atoms with E-state index in [-0.39, 0.29) is 13.0 Å². The number of carboxylic acid groups (broad SMARTS) is 1. The van der Waals surface area contributed by atoms with Crippen LogP contribution in [0.1, 0.15) is 5.56 Å². The Hall–Kier alpha value is -3.02. The van der Waals surface area contributed by atoms with E-state index >= 15 is 0 Å². The number of carbonyl (C=O) groups excluding carboxylic acids is 1. The van der Waals surface area contributed by atoms with Crippen LogP contribution >= 0.6 is 0 Å². The van der Waals surface area contributed by atoms with E-state index in [1.165, 1.54) is 0 Å². The lowest BCUT2D eigenvalue weighted by atomic mass is 10.1. The van der Waals surface area contributed by atoms with Crippen LogP contribution in [0.5, 0.6) is 11.5 Å². The topological polar surface area (TPSA) is 84.9 Å². The first-order valence-electron chi connectivity index (χ1n) is 7.59. The van der Waals surface area contributed by atoms with Crippen molar-refractivity contribution >= 4 is 11.9 Å². The second kappa shape index (κ2) is 7.04. The Kier molecular flexibility index (Phi) is 4.65. The Balaban J connectivity index is 1.65. The number of benzene rings is 2. The molecule has 6 nitrogen and oxygen atoms in total. The van der Waals surface area contributed by atoms with Crippen LogP contribution in [0.2, 0.25) is 0 Å². The highest BCUT2D eigenvalue weighted by molar-refractivity contribution is 5.87. The van der Waals surface area contributed by atoms with E-state index in [2.05, 4.69) is 5.32 Å². The van der Waals surface area contributed by atoms with E-state index in [0.717, 1.165) is 5.56 Å². The third kappa shape index (κ3) is 3.65. The SMILES string of the molecule is O=C(O)C(Cc1ccccc1)NC(=O)C1COc2ccccc2O1. The Morgan fingerprint density at radius 3 is 2.46 bits per heavy atom. The van der Waals surface area contributed by atoms with Crippen molar-refractivity contribution in [2.24, 2.45) is 0 Å². The van der Waals surface area contributed by atoms with E-state index in [1.807, 2.05) is 36.4 Å². The summed E-state index contributed by atoms with van der Waals surface area (Å²) < 4.78 is 11.1. The van der Waals surface area contributed by atoms with Crippen LogP contribution in [0, 0.1) is 0 Å². The number of rotatable bonds is 5. The molecule has 24 heavy (non-hydrogen) atoms. The van der Waals surface area contributed by atoms with Crippen LogP contribution in [-0.4, -0.2) is 35.7 Å². The number of fused-ring (bicyclic) bond motifs is 1. The summed E-state index contributed by atoms with van der Waals surface area (Å²) in [5, 5.41) is 11.9. The first-order chi connectivity index (χ1) is 11.6. The molecule has 0 fully saturated rings. The predicted octanol–water partition coefficient (Wildman–Crippen LogP) is 1.64. The van der Waals surface area contributed by atoms with E-state index < -0.39 is 24.0 Å². The van der Waals surface area contributed by atoms with E-state index in [1.54, 1.807) is 18.2 Å². The van der Waals surface area contributed by atoms with Gasteiger partial charge in [-0.25, -0.2) is 4.79 Å². The van der Waals surface area contributed by atoms with Crippen molar-refractivity contribution in [2.75, 3.05) is 6.61 Å². The molecule has 6 heteroatoms. The summed E-state index contributed by atoms with van der Waals surface area (Å²) in [5.41, 5.74) is 0.830. The molecule has 3 rings (SSSR count). The Morgan fingerprint density at radius 1 is 1.08 bits per heavy atom. The van der Waals surface area contributed by atoms with Crippen LogP contribution in [0.3, 0.4) is 0 Å². The normalized spacial score (nSPS) is 16.9. The molecular formula is C18H17NO5. The number of hydrogen-bond acceptors (Lipinski definition) is 4. The lowest BCUT2D eigenvalue weighted by Crippen LogP contribution is -2.50. The van der Waals surface area contributed by atoms with Gasteiger partial charge in [-0.3, -0.25) is 4.79 Å². The molecule has 2 aromatic carbocycles. The van der Waals surface area contributed by atoms with Crippen molar-refractivity contribution in [3.8, 4) is 11.5 Å². The Labute approximate surface area is 139 Å². The van der Waals surface area contributed by atoms with Gasteiger partial charge in [-0.2, -0.15) is 0 Å². The minimum atomic E-state index is -1.09. The van der Waals surface area contributed by atoms with Gasteiger partial charge in [0.25, 0.3) is 5.91 Å². The smallest absolute Gasteiger partial charge is 0.326 e. The maximum atomic E-state index is 12.3. The maximum Gasteiger partial charge on any atom is 0.326 e. The van der Waals surface area contributed by atoms with Gasteiger partial charge in [-0.1, -0.05) is 42.5 Å². The lowest BCUT2D eigenvalue weighted by molar-refractivity contribution is -0.143. The summed E-state index contributed by atoms with van der Waals surface area (Å²) in [7, 11) is 0. The third-order valence-electron chi connectivity index (χ3n) is 3.70. The summed E-state index contributed by atoms with van der Waals surface area (Å²) in [4.78, 5) is 23.8. The second-order valence-electron chi connectivity index (χ2n) is 5.45. The first-order valence-corrected chi connectivity index (χ1v) is 7.59. The van der Waals surface area contributed by atoms with Crippen molar-refractivity contribution in [2.45, 2.75) is 18.6 Å². The molecular weight excluding hydrogens is 310 g/mol. The number of hydrogen-bond donors (Lipinski definition) is 2.